The van der Waals surface area contributed by atoms with Crippen LogP contribution in [0.2, 0.25) is 5.02 Å². The molecule has 120 valence electrons. The maximum atomic E-state index is 12.5. The van der Waals surface area contributed by atoms with Crippen molar-refractivity contribution < 1.29 is 27.8 Å². The van der Waals surface area contributed by atoms with E-state index >= 15 is 0 Å². The highest BCUT2D eigenvalue weighted by molar-refractivity contribution is 7.92. The van der Waals surface area contributed by atoms with E-state index in [1.807, 2.05) is 0 Å². The summed E-state index contributed by atoms with van der Waals surface area (Å²) in [5.74, 6) is -0.592. The van der Waals surface area contributed by atoms with Crippen LogP contribution in [0, 0.1) is 0 Å². The average molecular weight is 356 g/mol. The van der Waals surface area contributed by atoms with Gasteiger partial charge in [-0.2, -0.15) is 0 Å². The Kier molecular flexibility index (Phi) is 3.78. The molecule has 0 saturated heterocycles. The van der Waals surface area contributed by atoms with E-state index in [-0.39, 0.29) is 28.0 Å². The zero-order valence-electron chi connectivity index (χ0n) is 11.4. The molecule has 0 unspecified atom stereocenters. The van der Waals surface area contributed by atoms with Crippen molar-refractivity contribution in [3.63, 3.8) is 0 Å². The van der Waals surface area contributed by atoms with E-state index in [0.29, 0.717) is 11.5 Å². The highest BCUT2D eigenvalue weighted by atomic mass is 35.5. The molecule has 1 heterocycles. The third-order valence-electron chi connectivity index (χ3n) is 3.11. The molecule has 0 fully saturated rings. The lowest BCUT2D eigenvalue weighted by Crippen LogP contribution is -2.17. The number of rotatable bonds is 4. The minimum Gasteiger partial charge on any atom is -0.478 e. The average Bonchev–Trinajstić information content (AvgIpc) is 2.94. The van der Waals surface area contributed by atoms with Crippen molar-refractivity contribution in [1.82, 2.24) is 0 Å². The summed E-state index contributed by atoms with van der Waals surface area (Å²) in [5.41, 5.74) is -0.270. The summed E-state index contributed by atoms with van der Waals surface area (Å²) in [7, 11) is -4.14. The number of hydrogen-bond donors (Lipinski definition) is 2. The Balaban J connectivity index is 2.01. The summed E-state index contributed by atoms with van der Waals surface area (Å²) < 4.78 is 37.5. The molecule has 0 aromatic heterocycles. The van der Waals surface area contributed by atoms with Crippen LogP contribution in [0.1, 0.15) is 10.4 Å². The minimum atomic E-state index is -4.14. The largest absolute Gasteiger partial charge is 0.478 e. The van der Waals surface area contributed by atoms with Crippen molar-refractivity contribution in [3.8, 4) is 11.5 Å². The number of halogens is 1. The molecule has 3 rings (SSSR count). The van der Waals surface area contributed by atoms with Gasteiger partial charge in [-0.15, -0.1) is 0 Å². The number of ether oxygens (including phenoxy) is 2. The number of hydrogen-bond acceptors (Lipinski definition) is 5. The van der Waals surface area contributed by atoms with Gasteiger partial charge < -0.3 is 14.6 Å². The van der Waals surface area contributed by atoms with E-state index in [1.54, 1.807) is 0 Å². The normalized spacial score (nSPS) is 12.9. The second kappa shape index (κ2) is 5.64. The Morgan fingerprint density at radius 2 is 1.83 bits per heavy atom. The molecule has 2 aromatic rings. The summed E-state index contributed by atoms with van der Waals surface area (Å²) in [6.45, 7) is 0.0176. The van der Waals surface area contributed by atoms with E-state index in [2.05, 4.69) is 4.72 Å². The first-order valence-electron chi connectivity index (χ1n) is 6.33. The standard InChI is InChI=1S/C14H10ClNO6S/c15-9-5-11-12(22-7-21-11)6-10(9)16-23(19,20)13-4-2-1-3-8(13)14(17)18/h1-6,16H,7H2,(H,17,18). The molecule has 0 atom stereocenters. The van der Waals surface area contributed by atoms with Gasteiger partial charge in [0, 0.05) is 12.1 Å². The first kappa shape index (κ1) is 15.4. The molecule has 0 bridgehead atoms. The van der Waals surface area contributed by atoms with Gasteiger partial charge in [-0.3, -0.25) is 4.72 Å². The summed E-state index contributed by atoms with van der Waals surface area (Å²) in [6.07, 6.45) is 0. The van der Waals surface area contributed by atoms with E-state index in [4.69, 9.17) is 26.2 Å². The molecule has 2 aromatic carbocycles. The molecule has 23 heavy (non-hydrogen) atoms. The fourth-order valence-electron chi connectivity index (χ4n) is 2.07. The second-order valence-electron chi connectivity index (χ2n) is 4.59. The molecular weight excluding hydrogens is 346 g/mol. The van der Waals surface area contributed by atoms with Crippen LogP contribution in [-0.2, 0) is 10.0 Å². The predicted molar refractivity (Wildman–Crippen MR) is 81.8 cm³/mol. The van der Waals surface area contributed by atoms with E-state index in [9.17, 15) is 13.2 Å². The van der Waals surface area contributed by atoms with E-state index in [1.165, 1.54) is 36.4 Å². The van der Waals surface area contributed by atoms with Crippen molar-refractivity contribution in [2.45, 2.75) is 4.90 Å². The monoisotopic (exact) mass is 355 g/mol. The third kappa shape index (κ3) is 2.90. The Morgan fingerprint density at radius 3 is 2.52 bits per heavy atom. The van der Waals surface area contributed by atoms with Crippen molar-refractivity contribution in [3.05, 3.63) is 47.0 Å². The zero-order chi connectivity index (χ0) is 16.6. The number of fused-ring (bicyclic) bond motifs is 1. The number of aromatic carboxylic acids is 1. The van der Waals surface area contributed by atoms with Crippen LogP contribution >= 0.6 is 11.6 Å². The van der Waals surface area contributed by atoms with Crippen molar-refractivity contribution in [2.24, 2.45) is 0 Å². The highest BCUT2D eigenvalue weighted by Gasteiger charge is 2.24. The number of carbonyl (C=O) groups is 1. The summed E-state index contributed by atoms with van der Waals surface area (Å²) >= 11 is 6.02. The van der Waals surface area contributed by atoms with Gasteiger partial charge in [0.25, 0.3) is 10.0 Å². The van der Waals surface area contributed by atoms with Crippen LogP contribution in [0.3, 0.4) is 0 Å². The van der Waals surface area contributed by atoms with Gasteiger partial charge in [-0.05, 0) is 12.1 Å². The number of nitrogens with one attached hydrogen (secondary N) is 1. The topological polar surface area (TPSA) is 102 Å². The van der Waals surface area contributed by atoms with Crippen LogP contribution in [-0.4, -0.2) is 26.3 Å². The fourth-order valence-corrected chi connectivity index (χ4v) is 3.60. The van der Waals surface area contributed by atoms with Crippen LogP contribution in [0.25, 0.3) is 0 Å². The zero-order valence-corrected chi connectivity index (χ0v) is 13.0. The Bertz CT molecular complexity index is 896. The molecular formula is C14H10ClNO6S. The number of benzene rings is 2. The summed E-state index contributed by atoms with van der Waals surface area (Å²) in [6, 6.07) is 8.08. The number of anilines is 1. The van der Waals surface area contributed by atoms with Gasteiger partial charge in [0.05, 0.1) is 16.3 Å². The first-order valence-corrected chi connectivity index (χ1v) is 8.19. The Hall–Kier alpha value is -2.45. The Morgan fingerprint density at radius 1 is 1.17 bits per heavy atom. The molecule has 0 spiro atoms. The summed E-state index contributed by atoms with van der Waals surface area (Å²) in [5, 5.41) is 9.22. The van der Waals surface area contributed by atoms with Crippen LogP contribution < -0.4 is 14.2 Å². The van der Waals surface area contributed by atoms with Gasteiger partial charge in [-0.25, -0.2) is 13.2 Å². The quantitative estimate of drug-likeness (QED) is 0.873. The molecule has 1 aliphatic heterocycles. The van der Waals surface area contributed by atoms with Crippen molar-refractivity contribution in [1.29, 1.82) is 0 Å². The maximum absolute atomic E-state index is 12.5. The molecule has 1 aliphatic rings. The Labute approximate surface area is 136 Å². The number of sulfonamides is 1. The molecule has 0 aliphatic carbocycles. The van der Waals surface area contributed by atoms with Gasteiger partial charge in [0.15, 0.2) is 11.5 Å². The molecule has 2 N–H and O–H groups in total. The second-order valence-corrected chi connectivity index (χ2v) is 6.65. The van der Waals surface area contributed by atoms with Gasteiger partial charge in [-0.1, -0.05) is 23.7 Å². The smallest absolute Gasteiger partial charge is 0.337 e. The van der Waals surface area contributed by atoms with Gasteiger partial charge in [0.2, 0.25) is 6.79 Å². The number of carboxylic acid groups (broad SMARTS) is 1. The molecule has 9 heteroatoms. The van der Waals surface area contributed by atoms with Crippen LogP contribution in [0.5, 0.6) is 11.5 Å². The lowest BCUT2D eigenvalue weighted by molar-refractivity contribution is 0.0692. The van der Waals surface area contributed by atoms with E-state index in [0.717, 1.165) is 0 Å². The molecule has 7 nitrogen and oxygen atoms in total. The fraction of sp³-hybridized carbons (Fsp3) is 0.0714. The molecule has 0 amide bonds. The van der Waals surface area contributed by atoms with Crippen LogP contribution in [0.4, 0.5) is 5.69 Å². The maximum Gasteiger partial charge on any atom is 0.337 e. The lowest BCUT2D eigenvalue weighted by atomic mass is 10.2. The van der Waals surface area contributed by atoms with E-state index < -0.39 is 16.0 Å². The molecule has 0 saturated carbocycles. The SMILES string of the molecule is O=C(O)c1ccccc1S(=O)(=O)Nc1cc2c(cc1Cl)OCO2. The predicted octanol–water partition coefficient (Wildman–Crippen LogP) is 2.57. The minimum absolute atomic E-state index is 0.0176. The highest BCUT2D eigenvalue weighted by Crippen LogP contribution is 2.40. The summed E-state index contributed by atoms with van der Waals surface area (Å²) in [4.78, 5) is 10.8. The third-order valence-corrected chi connectivity index (χ3v) is 4.85. The van der Waals surface area contributed by atoms with Gasteiger partial charge in [0.1, 0.15) is 4.90 Å². The van der Waals surface area contributed by atoms with Crippen molar-refractivity contribution >= 4 is 33.3 Å². The first-order chi connectivity index (χ1) is 10.9. The van der Waals surface area contributed by atoms with Crippen LogP contribution in [0.15, 0.2) is 41.3 Å². The van der Waals surface area contributed by atoms with Crippen molar-refractivity contribution in [2.75, 3.05) is 11.5 Å². The lowest BCUT2D eigenvalue weighted by Gasteiger charge is -2.12. The molecule has 0 radical (unpaired) electrons. The van der Waals surface area contributed by atoms with Gasteiger partial charge >= 0.3 is 5.97 Å². The number of carboxylic acids is 1.